The lowest BCUT2D eigenvalue weighted by Crippen LogP contribution is -2.11. The molecule has 32 heavy (non-hydrogen) atoms. The van der Waals surface area contributed by atoms with Crippen LogP contribution in [0, 0.1) is 0 Å². The molecule has 0 radical (unpaired) electrons. The maximum absolute atomic E-state index is 12.8. The summed E-state index contributed by atoms with van der Waals surface area (Å²) < 4.78 is 1.03. The van der Waals surface area contributed by atoms with Gasteiger partial charge in [0.2, 0.25) is 5.95 Å². The number of aromatic amines is 1. The molecule has 0 fully saturated rings. The zero-order chi connectivity index (χ0) is 21.5. The Labute approximate surface area is 186 Å². The van der Waals surface area contributed by atoms with Gasteiger partial charge in [-0.15, -0.1) is 11.3 Å². The molecule has 3 N–H and O–H groups in total. The second-order valence-corrected chi connectivity index (χ2v) is 8.23. The van der Waals surface area contributed by atoms with Crippen LogP contribution in [-0.4, -0.2) is 25.8 Å². The first-order chi connectivity index (χ1) is 15.7. The normalized spacial score (nSPS) is 11.2. The number of aromatic nitrogens is 4. The van der Waals surface area contributed by atoms with Crippen LogP contribution in [0.5, 0.6) is 0 Å². The van der Waals surface area contributed by atoms with E-state index >= 15 is 0 Å². The first-order valence-corrected chi connectivity index (χ1v) is 10.9. The molecule has 154 valence electrons. The van der Waals surface area contributed by atoms with Gasteiger partial charge in [0.15, 0.2) is 0 Å². The van der Waals surface area contributed by atoms with Gasteiger partial charge in [0.05, 0.1) is 26.8 Å². The molecule has 7 nitrogen and oxygen atoms in total. The molecular formula is C24H16N6OS. The average molecular weight is 437 g/mol. The van der Waals surface area contributed by atoms with E-state index in [0.29, 0.717) is 22.8 Å². The number of hydrogen-bond donors (Lipinski definition) is 3. The van der Waals surface area contributed by atoms with E-state index in [-0.39, 0.29) is 5.91 Å². The minimum Gasteiger partial charge on any atom is -0.324 e. The van der Waals surface area contributed by atoms with Gasteiger partial charge in [-0.05, 0) is 47.9 Å². The zero-order valence-electron chi connectivity index (χ0n) is 16.7. The third kappa shape index (κ3) is 3.42. The molecular weight excluding hydrogens is 420 g/mol. The summed E-state index contributed by atoms with van der Waals surface area (Å²) in [4.78, 5) is 29.3. The first kappa shape index (κ1) is 18.5. The Morgan fingerprint density at radius 1 is 0.906 bits per heavy atom. The van der Waals surface area contributed by atoms with Crippen molar-refractivity contribution in [1.82, 2.24) is 19.9 Å². The fourth-order valence-electron chi connectivity index (χ4n) is 3.62. The van der Waals surface area contributed by atoms with Crippen molar-refractivity contribution >= 4 is 66.7 Å². The van der Waals surface area contributed by atoms with Gasteiger partial charge >= 0.3 is 0 Å². The molecule has 0 aliphatic rings. The smallest absolute Gasteiger partial charge is 0.255 e. The van der Waals surface area contributed by atoms with E-state index in [0.717, 1.165) is 32.2 Å². The van der Waals surface area contributed by atoms with Crippen molar-refractivity contribution in [3.63, 3.8) is 0 Å². The van der Waals surface area contributed by atoms with Crippen LogP contribution in [0.25, 0.3) is 32.0 Å². The molecule has 0 saturated heterocycles. The van der Waals surface area contributed by atoms with Gasteiger partial charge in [0, 0.05) is 22.8 Å². The van der Waals surface area contributed by atoms with Gasteiger partial charge < -0.3 is 15.6 Å². The molecule has 0 atom stereocenters. The maximum Gasteiger partial charge on any atom is 0.255 e. The number of anilines is 3. The second-order valence-electron chi connectivity index (χ2n) is 7.35. The summed E-state index contributed by atoms with van der Waals surface area (Å²) in [7, 11) is 0. The predicted molar refractivity (Wildman–Crippen MR) is 129 cm³/mol. The van der Waals surface area contributed by atoms with E-state index in [1.54, 1.807) is 29.0 Å². The maximum atomic E-state index is 12.8. The molecule has 0 spiro atoms. The Balaban J connectivity index is 1.24. The van der Waals surface area contributed by atoms with Crippen LogP contribution in [0.1, 0.15) is 10.4 Å². The Morgan fingerprint density at radius 3 is 2.75 bits per heavy atom. The van der Waals surface area contributed by atoms with Crippen LogP contribution in [0.4, 0.5) is 17.5 Å². The Morgan fingerprint density at radius 2 is 1.81 bits per heavy atom. The van der Waals surface area contributed by atoms with Gasteiger partial charge in [0.25, 0.3) is 5.91 Å². The van der Waals surface area contributed by atoms with Crippen molar-refractivity contribution in [2.75, 3.05) is 10.6 Å². The van der Waals surface area contributed by atoms with Crippen LogP contribution in [0.3, 0.4) is 0 Å². The van der Waals surface area contributed by atoms with Crippen molar-refractivity contribution < 1.29 is 4.79 Å². The highest BCUT2D eigenvalue weighted by Gasteiger charge is 2.11. The summed E-state index contributed by atoms with van der Waals surface area (Å²) in [5, 5.41) is 8.32. The highest BCUT2D eigenvalue weighted by molar-refractivity contribution is 7.16. The Kier molecular flexibility index (Phi) is 4.29. The van der Waals surface area contributed by atoms with Crippen molar-refractivity contribution in [2.24, 2.45) is 0 Å². The predicted octanol–water partition coefficient (Wildman–Crippen LogP) is 5.72. The van der Waals surface area contributed by atoms with Gasteiger partial charge in [-0.1, -0.05) is 24.3 Å². The third-order valence-corrected chi connectivity index (χ3v) is 6.00. The molecule has 0 aliphatic heterocycles. The van der Waals surface area contributed by atoms with E-state index in [4.69, 9.17) is 0 Å². The van der Waals surface area contributed by atoms with Crippen molar-refractivity contribution in [3.05, 3.63) is 84.0 Å². The fraction of sp³-hybridized carbons (Fsp3) is 0. The molecule has 0 saturated carbocycles. The number of thiazole rings is 1. The van der Waals surface area contributed by atoms with E-state index in [1.807, 2.05) is 60.8 Å². The Hall–Kier alpha value is -4.30. The van der Waals surface area contributed by atoms with Gasteiger partial charge in [-0.25, -0.2) is 15.0 Å². The van der Waals surface area contributed by atoms with Crippen LogP contribution in [0.15, 0.2) is 78.4 Å². The molecule has 3 aromatic heterocycles. The molecule has 0 bridgehead atoms. The van der Waals surface area contributed by atoms with Crippen LogP contribution in [0.2, 0.25) is 0 Å². The number of H-pyrrole nitrogens is 1. The standard InChI is InChI=1S/C24H16N6OS/c31-23(27-17-6-8-19-21(11-17)32-13-26-19)15-5-7-18-20(9-15)29-24(28-18)30-22-10-14-3-1-2-4-16(14)12-25-22/h1-13H,(H,27,31)(H2,25,28,29,30). The number of benzene rings is 3. The zero-order valence-corrected chi connectivity index (χ0v) is 17.5. The first-order valence-electron chi connectivity index (χ1n) is 9.97. The third-order valence-electron chi connectivity index (χ3n) is 5.21. The van der Waals surface area contributed by atoms with E-state index in [2.05, 4.69) is 30.6 Å². The minimum absolute atomic E-state index is 0.190. The monoisotopic (exact) mass is 436 g/mol. The van der Waals surface area contributed by atoms with E-state index in [1.165, 1.54) is 0 Å². The number of rotatable bonds is 4. The quantitative estimate of drug-likeness (QED) is 0.329. The number of imidazole rings is 1. The largest absolute Gasteiger partial charge is 0.324 e. The molecule has 0 unspecified atom stereocenters. The molecule has 6 rings (SSSR count). The number of amides is 1. The second kappa shape index (κ2) is 7.44. The summed E-state index contributed by atoms with van der Waals surface area (Å²) in [5.41, 5.74) is 5.50. The minimum atomic E-state index is -0.190. The van der Waals surface area contributed by atoms with Gasteiger partial charge in [0.1, 0.15) is 5.82 Å². The number of carbonyl (C=O) groups excluding carboxylic acids is 1. The summed E-state index contributed by atoms with van der Waals surface area (Å²) >= 11 is 1.54. The van der Waals surface area contributed by atoms with Crippen LogP contribution >= 0.6 is 11.3 Å². The molecule has 8 heteroatoms. The molecule has 6 aromatic rings. The van der Waals surface area contributed by atoms with Gasteiger partial charge in [-0.2, -0.15) is 0 Å². The lowest BCUT2D eigenvalue weighted by atomic mass is 10.2. The molecule has 1 amide bonds. The number of fused-ring (bicyclic) bond motifs is 3. The van der Waals surface area contributed by atoms with Crippen molar-refractivity contribution in [2.45, 2.75) is 0 Å². The molecule has 3 aromatic carbocycles. The summed E-state index contributed by atoms with van der Waals surface area (Å²) in [6.07, 6.45) is 1.83. The number of pyridine rings is 1. The highest BCUT2D eigenvalue weighted by Crippen LogP contribution is 2.24. The summed E-state index contributed by atoms with van der Waals surface area (Å²) in [6, 6.07) is 21.1. The molecule has 3 heterocycles. The van der Waals surface area contributed by atoms with E-state index in [9.17, 15) is 4.79 Å². The summed E-state index contributed by atoms with van der Waals surface area (Å²) in [5.74, 6) is 1.07. The van der Waals surface area contributed by atoms with Crippen molar-refractivity contribution in [3.8, 4) is 0 Å². The lowest BCUT2D eigenvalue weighted by molar-refractivity contribution is 0.102. The topological polar surface area (TPSA) is 95.6 Å². The molecule has 0 aliphatic carbocycles. The lowest BCUT2D eigenvalue weighted by Gasteiger charge is -2.05. The van der Waals surface area contributed by atoms with E-state index < -0.39 is 0 Å². The fourth-order valence-corrected chi connectivity index (χ4v) is 4.33. The highest BCUT2D eigenvalue weighted by atomic mass is 32.1. The van der Waals surface area contributed by atoms with Crippen LogP contribution in [-0.2, 0) is 0 Å². The number of carbonyl (C=O) groups is 1. The number of hydrogen-bond acceptors (Lipinski definition) is 6. The van der Waals surface area contributed by atoms with Crippen molar-refractivity contribution in [1.29, 1.82) is 0 Å². The number of nitrogens with one attached hydrogen (secondary N) is 3. The Bertz CT molecular complexity index is 1620. The number of nitrogens with zero attached hydrogens (tertiary/aromatic N) is 3. The summed E-state index contributed by atoms with van der Waals surface area (Å²) in [6.45, 7) is 0. The average Bonchev–Trinajstić information content (AvgIpc) is 3.44. The van der Waals surface area contributed by atoms with Gasteiger partial charge in [-0.3, -0.25) is 4.79 Å². The SMILES string of the molecule is O=C(Nc1ccc2ncsc2c1)c1ccc2[nH]c(Nc3cc4ccccc4cn3)nc2c1. The van der Waals surface area contributed by atoms with Crippen LogP contribution < -0.4 is 10.6 Å².